The van der Waals surface area contributed by atoms with Gasteiger partial charge in [0, 0.05) is 86.2 Å². The Morgan fingerprint density at radius 1 is 0.833 bits per heavy atom. The Hall–Kier alpha value is -5.90. The van der Waals surface area contributed by atoms with Gasteiger partial charge < -0.3 is 34.2 Å². The van der Waals surface area contributed by atoms with Crippen molar-refractivity contribution in [2.75, 3.05) is 49.5 Å². The summed E-state index contributed by atoms with van der Waals surface area (Å²) in [5.74, 6) is 0.691. The van der Waals surface area contributed by atoms with E-state index in [0.717, 1.165) is 96.5 Å². The highest BCUT2D eigenvalue weighted by atomic mass is 16.5. The molecule has 72 heavy (non-hydrogen) atoms. The molecule has 3 saturated carbocycles. The minimum absolute atomic E-state index is 0.0655. The number of imidazole rings is 1. The first kappa shape index (κ1) is 47.1. The van der Waals surface area contributed by atoms with Crippen LogP contribution in [0, 0.1) is 11.3 Å². The number of piperidine rings is 3. The number of nitrogens with one attached hydrogen (secondary N) is 2. The number of nitrogens with zero attached hydrogens (tertiary/aromatic N) is 8. The zero-order valence-corrected chi connectivity index (χ0v) is 42.2. The first-order chi connectivity index (χ1) is 34.8. The van der Waals surface area contributed by atoms with Crippen LogP contribution < -0.4 is 20.3 Å². The van der Waals surface area contributed by atoms with Crippen LogP contribution >= 0.6 is 0 Å². The van der Waals surface area contributed by atoms with Crippen molar-refractivity contribution in [2.24, 2.45) is 11.3 Å². The van der Waals surface area contributed by atoms with Gasteiger partial charge in [0.05, 0.1) is 34.3 Å². The summed E-state index contributed by atoms with van der Waals surface area (Å²) in [5.41, 5.74) is 5.21. The van der Waals surface area contributed by atoms with Crippen molar-refractivity contribution in [3.63, 3.8) is 0 Å². The molecule has 2 atom stereocenters. The second kappa shape index (κ2) is 18.5. The van der Waals surface area contributed by atoms with Crippen LogP contribution in [-0.4, -0.2) is 127 Å². The minimum Gasteiger partial charge on any atom is -0.474 e. The first-order valence-electron chi connectivity index (χ1n) is 27.3. The molecule has 3 aliphatic carbocycles. The van der Waals surface area contributed by atoms with Gasteiger partial charge in [-0.05, 0) is 147 Å². The molecule has 16 nitrogen and oxygen atoms in total. The highest BCUT2D eigenvalue weighted by molar-refractivity contribution is 6.09. The topological polar surface area (TPSA) is 175 Å². The number of rotatable bonds is 11. The fourth-order valence-corrected chi connectivity index (χ4v) is 13.4. The smallest absolute Gasteiger partial charge is 0.238 e. The van der Waals surface area contributed by atoms with Crippen molar-refractivity contribution in [3.05, 3.63) is 60.0 Å². The number of carbonyl (C=O) groups excluding carboxylic acids is 5. The number of pyridine rings is 2. The summed E-state index contributed by atoms with van der Waals surface area (Å²) in [7, 11) is 0. The third-order valence-corrected chi connectivity index (χ3v) is 18.0. The van der Waals surface area contributed by atoms with Gasteiger partial charge in [-0.1, -0.05) is 24.6 Å². The maximum absolute atomic E-state index is 15.3. The molecule has 0 bridgehead atoms. The predicted molar refractivity (Wildman–Crippen MR) is 272 cm³/mol. The molecule has 1 unspecified atom stereocenters. The van der Waals surface area contributed by atoms with Crippen molar-refractivity contribution in [1.82, 2.24) is 39.5 Å². The molecule has 5 aliphatic heterocycles. The fourth-order valence-electron chi connectivity index (χ4n) is 13.4. The van der Waals surface area contributed by atoms with E-state index in [-0.39, 0.29) is 53.6 Å². The van der Waals surface area contributed by atoms with Gasteiger partial charge in [-0.3, -0.25) is 29.3 Å². The predicted octanol–water partition coefficient (Wildman–Crippen LogP) is 7.27. The molecule has 8 heterocycles. The Morgan fingerprint density at radius 2 is 1.60 bits per heavy atom. The molecule has 3 aromatic heterocycles. The molecule has 2 N–H and O–H groups in total. The maximum Gasteiger partial charge on any atom is 0.238 e. The molecule has 1 aromatic carbocycles. The summed E-state index contributed by atoms with van der Waals surface area (Å²) in [6, 6.07) is 13.6. The normalized spacial score (nSPS) is 28.6. The van der Waals surface area contributed by atoms with E-state index < -0.39 is 16.7 Å². The summed E-state index contributed by atoms with van der Waals surface area (Å²) >= 11 is 0. The molecule has 16 heteroatoms. The van der Waals surface area contributed by atoms with Gasteiger partial charge in [-0.15, -0.1) is 0 Å². The van der Waals surface area contributed by atoms with Gasteiger partial charge >= 0.3 is 0 Å². The quantitative estimate of drug-likeness (QED) is 0.145. The summed E-state index contributed by atoms with van der Waals surface area (Å²) in [6.45, 7) is 10.6. The number of anilines is 2. The number of fused-ring (bicyclic) bond motifs is 3. The monoisotopic (exact) mass is 979 g/mol. The van der Waals surface area contributed by atoms with Crippen LogP contribution in [0.3, 0.4) is 0 Å². The van der Waals surface area contributed by atoms with Gasteiger partial charge in [-0.25, -0.2) is 15.0 Å². The van der Waals surface area contributed by atoms with E-state index in [2.05, 4.69) is 68.1 Å². The van der Waals surface area contributed by atoms with Crippen molar-refractivity contribution in [2.45, 2.75) is 165 Å². The molecule has 4 saturated heterocycles. The van der Waals surface area contributed by atoms with E-state index in [1.807, 2.05) is 29.1 Å². The molecule has 7 fully saturated rings. The summed E-state index contributed by atoms with van der Waals surface area (Å²) in [5, 5.41) is 6.11. The largest absolute Gasteiger partial charge is 0.474 e. The van der Waals surface area contributed by atoms with Crippen LogP contribution in [0.1, 0.15) is 147 Å². The number of imide groups is 1. The van der Waals surface area contributed by atoms with Crippen molar-refractivity contribution >= 4 is 52.1 Å². The highest BCUT2D eigenvalue weighted by Gasteiger charge is 2.57. The van der Waals surface area contributed by atoms with E-state index in [0.29, 0.717) is 89.1 Å². The lowest BCUT2D eigenvalue weighted by Crippen LogP contribution is -2.59. The van der Waals surface area contributed by atoms with E-state index in [1.165, 1.54) is 19.3 Å². The van der Waals surface area contributed by atoms with E-state index in [9.17, 15) is 19.2 Å². The Balaban J connectivity index is 0.708. The second-order valence-corrected chi connectivity index (χ2v) is 23.1. The average Bonchev–Trinajstić information content (AvgIpc) is 3.85. The summed E-state index contributed by atoms with van der Waals surface area (Å²) in [6.07, 6.45) is 16.9. The number of benzene rings is 1. The van der Waals surface area contributed by atoms with Crippen LogP contribution in [-0.2, 0) is 29.4 Å². The third-order valence-electron chi connectivity index (χ3n) is 18.0. The number of hydrogen-bond donors (Lipinski definition) is 2. The van der Waals surface area contributed by atoms with Gasteiger partial charge in [0.25, 0.3) is 0 Å². The molecule has 1 spiro atoms. The summed E-state index contributed by atoms with van der Waals surface area (Å²) < 4.78 is 8.42. The molecular formula is C56H70N10O6. The van der Waals surface area contributed by atoms with Gasteiger partial charge in [0.15, 0.2) is 5.82 Å². The lowest BCUT2D eigenvalue weighted by molar-refractivity contribution is -0.145. The Morgan fingerprint density at radius 3 is 2.31 bits per heavy atom. The van der Waals surface area contributed by atoms with Crippen molar-refractivity contribution < 1.29 is 28.7 Å². The van der Waals surface area contributed by atoms with Crippen LogP contribution in [0.5, 0.6) is 5.88 Å². The van der Waals surface area contributed by atoms with Gasteiger partial charge in [0.1, 0.15) is 11.6 Å². The molecule has 0 radical (unpaired) electrons. The van der Waals surface area contributed by atoms with Gasteiger partial charge in [-0.2, -0.15) is 0 Å². The number of likely N-dealkylation sites (tertiary alicyclic amines) is 3. The lowest BCUT2D eigenvalue weighted by Gasteiger charge is -2.48. The molecule has 380 valence electrons. The minimum atomic E-state index is -0.705. The standard InChI is InChI=1S/C56H70N10O6/c1-34(2)65-33-58-45-30-44(60-50(49(45)65)59-38-11-12-38)36-9-16-43-46(27-36)66(40-28-39(29-40)62-22-5-4-6-23-62)54(71)56(43)20-25-63(26-21-56)53(70)55(3)19-24-64(32-55)52(69)35-7-13-41(14-8-35)72-48-18-10-37(31-57-48)42-15-17-47(67)61-51(42)68/h9-10,16,18,27,30-31,33-35,38-42H,4-8,11-15,17,19-26,28-29,32H2,1-3H3,(H,59,60)(H,61,67,68)/t35-,39-,40+,41-,42?,55-/m1/s1. The highest BCUT2D eigenvalue weighted by Crippen LogP contribution is 2.53. The number of hydrogen-bond acceptors (Lipinski definition) is 11. The lowest BCUT2D eigenvalue weighted by atomic mass is 9.72. The van der Waals surface area contributed by atoms with Gasteiger partial charge in [0.2, 0.25) is 35.4 Å². The van der Waals surface area contributed by atoms with E-state index in [4.69, 9.17) is 14.7 Å². The average molecular weight is 979 g/mol. The molecule has 8 aliphatic rings. The van der Waals surface area contributed by atoms with Crippen LogP contribution in [0.15, 0.2) is 48.9 Å². The first-order valence-corrected chi connectivity index (χ1v) is 27.3. The number of ether oxygens (including phenoxy) is 1. The molecule has 12 rings (SSSR count). The Labute approximate surface area is 422 Å². The van der Waals surface area contributed by atoms with Crippen LogP contribution in [0.25, 0.3) is 22.3 Å². The number of aromatic nitrogens is 4. The second-order valence-electron chi connectivity index (χ2n) is 23.1. The van der Waals surface area contributed by atoms with Crippen molar-refractivity contribution in [3.8, 4) is 17.1 Å². The van der Waals surface area contributed by atoms with E-state index in [1.54, 1.807) is 12.3 Å². The fraction of sp³-hybridized carbons (Fsp3) is 0.607. The molecule has 5 amide bonds. The maximum atomic E-state index is 15.3. The Kier molecular flexibility index (Phi) is 12.1. The zero-order valence-electron chi connectivity index (χ0n) is 42.2. The summed E-state index contributed by atoms with van der Waals surface area (Å²) in [4.78, 5) is 91.1. The van der Waals surface area contributed by atoms with Crippen LogP contribution in [0.2, 0.25) is 0 Å². The number of amides is 5. The number of carbonyl (C=O) groups is 5. The van der Waals surface area contributed by atoms with E-state index >= 15 is 4.79 Å². The SMILES string of the molecule is CC(C)n1cnc2cc(-c3ccc4c(c3)N([C@H]3C[C@@H](N5CCCCC5)C3)C(=O)C43CCN(C(=O)[C@]4(C)CCN(C(=O)[C@H]5CC[C@H](Oc6ccc(C7CCC(=O)NC7=O)cn6)CC5)C4)CC3)nc(NC3CC3)c21. The molecular weight excluding hydrogens is 909 g/mol. The Bertz CT molecular complexity index is 2780. The van der Waals surface area contributed by atoms with Crippen LogP contribution in [0.4, 0.5) is 11.5 Å². The van der Waals surface area contributed by atoms with Crippen molar-refractivity contribution in [1.29, 1.82) is 0 Å². The molecule has 4 aromatic rings. The third kappa shape index (κ3) is 8.52. The zero-order chi connectivity index (χ0) is 49.5.